The van der Waals surface area contributed by atoms with Crippen molar-refractivity contribution in [3.8, 4) is 0 Å². The molecule has 1 aromatic carbocycles. The predicted octanol–water partition coefficient (Wildman–Crippen LogP) is 2.71. The van der Waals surface area contributed by atoms with Crippen molar-refractivity contribution in [2.75, 3.05) is 13.1 Å². The number of aromatic nitrogens is 1. The van der Waals surface area contributed by atoms with Gasteiger partial charge in [-0.15, -0.1) is 0 Å². The molecule has 116 valence electrons. The first-order chi connectivity index (χ1) is 10.6. The summed E-state index contributed by atoms with van der Waals surface area (Å²) in [7, 11) is 0. The van der Waals surface area contributed by atoms with E-state index in [1.807, 2.05) is 23.1 Å². The monoisotopic (exact) mass is 304 g/mol. The van der Waals surface area contributed by atoms with Crippen molar-refractivity contribution >= 4 is 0 Å². The van der Waals surface area contributed by atoms with Gasteiger partial charge in [-0.1, -0.05) is 6.07 Å². The lowest BCUT2D eigenvalue weighted by atomic mass is 10.0. The molecule has 0 radical (unpaired) electrons. The Labute approximate surface area is 128 Å². The Kier molecular flexibility index (Phi) is 4.45. The van der Waals surface area contributed by atoms with Crippen LogP contribution in [0.4, 0.5) is 8.78 Å². The zero-order valence-electron chi connectivity index (χ0n) is 12.1. The fraction of sp³-hybridized carbons (Fsp3) is 0.353. The van der Waals surface area contributed by atoms with E-state index in [2.05, 4.69) is 4.98 Å². The second kappa shape index (κ2) is 6.50. The zero-order chi connectivity index (χ0) is 15.5. The summed E-state index contributed by atoms with van der Waals surface area (Å²) in [5.74, 6) is -0.884. The largest absolute Gasteiger partial charge is 0.392 e. The van der Waals surface area contributed by atoms with E-state index >= 15 is 0 Å². The number of likely N-dealkylation sites (tertiary alicyclic amines) is 1. The highest BCUT2D eigenvalue weighted by atomic mass is 19.1. The second-order valence-corrected chi connectivity index (χ2v) is 5.64. The quantitative estimate of drug-likeness (QED) is 0.943. The molecule has 0 saturated carbocycles. The maximum absolute atomic E-state index is 14.0. The number of halogens is 2. The summed E-state index contributed by atoms with van der Waals surface area (Å²) in [6.07, 6.45) is 2.35. The van der Waals surface area contributed by atoms with E-state index in [-0.39, 0.29) is 6.04 Å². The van der Waals surface area contributed by atoms with Gasteiger partial charge in [-0.05, 0) is 36.8 Å². The first-order valence-corrected chi connectivity index (χ1v) is 7.40. The van der Waals surface area contributed by atoms with Crippen molar-refractivity contribution < 1.29 is 13.9 Å². The van der Waals surface area contributed by atoms with Crippen LogP contribution in [0.15, 0.2) is 42.6 Å². The lowest BCUT2D eigenvalue weighted by Gasteiger charge is -2.24. The molecule has 5 heteroatoms. The molecule has 2 aromatic rings. The molecule has 0 spiro atoms. The minimum atomic E-state index is -0.517. The number of hydrogen-bond donors (Lipinski definition) is 1. The normalized spacial score (nSPS) is 22.1. The van der Waals surface area contributed by atoms with Gasteiger partial charge in [-0.25, -0.2) is 8.78 Å². The number of hydrogen-bond acceptors (Lipinski definition) is 3. The van der Waals surface area contributed by atoms with Crippen LogP contribution in [0.2, 0.25) is 0 Å². The molecule has 1 aliphatic heterocycles. The molecule has 1 N–H and O–H groups in total. The number of aliphatic hydroxyl groups excluding tert-OH is 1. The summed E-state index contributed by atoms with van der Waals surface area (Å²) in [5.41, 5.74) is 1.26. The van der Waals surface area contributed by atoms with Crippen molar-refractivity contribution in [2.45, 2.75) is 25.0 Å². The first-order valence-electron chi connectivity index (χ1n) is 7.40. The highest BCUT2D eigenvalue weighted by molar-refractivity contribution is 5.24. The minimum Gasteiger partial charge on any atom is -0.392 e. The summed E-state index contributed by atoms with van der Waals surface area (Å²) in [6.45, 7) is 1.11. The molecule has 0 bridgehead atoms. The Morgan fingerprint density at radius 2 is 2.09 bits per heavy atom. The fourth-order valence-electron chi connectivity index (χ4n) is 3.02. The van der Waals surface area contributed by atoms with Crippen LogP contribution >= 0.6 is 0 Å². The van der Waals surface area contributed by atoms with Crippen molar-refractivity contribution in [1.82, 2.24) is 9.88 Å². The van der Waals surface area contributed by atoms with Gasteiger partial charge in [-0.2, -0.15) is 0 Å². The number of aliphatic hydroxyl groups is 1. The van der Waals surface area contributed by atoms with Gasteiger partial charge >= 0.3 is 0 Å². The predicted molar refractivity (Wildman–Crippen MR) is 79.2 cm³/mol. The number of rotatable bonds is 4. The first kappa shape index (κ1) is 15.1. The summed E-state index contributed by atoms with van der Waals surface area (Å²) in [6, 6.07) is 8.90. The molecule has 1 saturated heterocycles. The Balaban J connectivity index is 1.76. The molecule has 22 heavy (non-hydrogen) atoms. The van der Waals surface area contributed by atoms with Crippen molar-refractivity contribution in [3.05, 3.63) is 65.5 Å². The van der Waals surface area contributed by atoms with Crippen LogP contribution in [0.1, 0.15) is 23.7 Å². The Bertz CT molecular complexity index is 636. The highest BCUT2D eigenvalue weighted by Gasteiger charge is 2.33. The number of β-amino-alcohol motifs (C(OH)–C–C–N with tert-alkyl or cyclic N) is 1. The van der Waals surface area contributed by atoms with Gasteiger partial charge in [-0.3, -0.25) is 9.88 Å². The zero-order valence-corrected chi connectivity index (χ0v) is 12.1. The van der Waals surface area contributed by atoms with E-state index in [1.165, 1.54) is 6.07 Å². The summed E-state index contributed by atoms with van der Waals surface area (Å²) >= 11 is 0. The summed E-state index contributed by atoms with van der Waals surface area (Å²) < 4.78 is 27.4. The number of pyridine rings is 1. The van der Waals surface area contributed by atoms with Crippen LogP contribution in [-0.4, -0.2) is 34.2 Å². The Hall–Kier alpha value is -1.85. The van der Waals surface area contributed by atoms with Gasteiger partial charge in [0.25, 0.3) is 0 Å². The molecular formula is C17H18F2N2O. The molecule has 2 heterocycles. The third kappa shape index (κ3) is 3.31. The van der Waals surface area contributed by atoms with Crippen molar-refractivity contribution in [1.29, 1.82) is 0 Å². The average molecular weight is 304 g/mol. The molecule has 1 aliphatic rings. The lowest BCUT2D eigenvalue weighted by Crippen LogP contribution is -2.27. The summed E-state index contributed by atoms with van der Waals surface area (Å²) in [4.78, 5) is 6.26. The maximum atomic E-state index is 14.0. The van der Waals surface area contributed by atoms with Gasteiger partial charge in [0.1, 0.15) is 11.6 Å². The third-order valence-corrected chi connectivity index (χ3v) is 4.08. The SMILES string of the molecule is O[C@@H]1C[C@H](c2cc(F)ccc2F)N(CCc2ccccn2)C1. The van der Waals surface area contributed by atoms with Gasteiger partial charge in [0.2, 0.25) is 0 Å². The van der Waals surface area contributed by atoms with E-state index in [1.54, 1.807) is 6.20 Å². The van der Waals surface area contributed by atoms with Gasteiger partial charge in [0, 0.05) is 43.0 Å². The van der Waals surface area contributed by atoms with Gasteiger partial charge in [0.05, 0.1) is 6.10 Å². The molecule has 1 fully saturated rings. The molecule has 2 atom stereocenters. The molecule has 0 amide bonds. The number of nitrogens with zero attached hydrogens (tertiary/aromatic N) is 2. The molecule has 0 aliphatic carbocycles. The number of benzene rings is 1. The van der Waals surface area contributed by atoms with Crippen molar-refractivity contribution in [3.63, 3.8) is 0 Å². The Morgan fingerprint density at radius 3 is 2.86 bits per heavy atom. The van der Waals surface area contributed by atoms with E-state index in [9.17, 15) is 13.9 Å². The molecule has 3 nitrogen and oxygen atoms in total. The van der Waals surface area contributed by atoms with Gasteiger partial charge in [0.15, 0.2) is 0 Å². The van der Waals surface area contributed by atoms with Crippen LogP contribution in [-0.2, 0) is 6.42 Å². The maximum Gasteiger partial charge on any atom is 0.128 e. The molecule has 1 aromatic heterocycles. The van der Waals surface area contributed by atoms with Crippen LogP contribution in [0, 0.1) is 11.6 Å². The molecular weight excluding hydrogens is 286 g/mol. The fourth-order valence-corrected chi connectivity index (χ4v) is 3.02. The lowest BCUT2D eigenvalue weighted by molar-refractivity contribution is 0.175. The smallest absolute Gasteiger partial charge is 0.128 e. The van der Waals surface area contributed by atoms with E-state index in [4.69, 9.17) is 0 Å². The summed E-state index contributed by atoms with van der Waals surface area (Å²) in [5, 5.41) is 9.92. The van der Waals surface area contributed by atoms with Crippen LogP contribution < -0.4 is 0 Å². The second-order valence-electron chi connectivity index (χ2n) is 5.64. The van der Waals surface area contributed by atoms with Crippen LogP contribution in [0.5, 0.6) is 0 Å². The molecule has 3 rings (SSSR count). The average Bonchev–Trinajstić information content (AvgIpc) is 2.89. The van der Waals surface area contributed by atoms with Crippen molar-refractivity contribution in [2.24, 2.45) is 0 Å². The topological polar surface area (TPSA) is 36.4 Å². The molecule has 0 unspecified atom stereocenters. The van der Waals surface area contributed by atoms with Gasteiger partial charge < -0.3 is 5.11 Å². The minimum absolute atomic E-state index is 0.297. The van der Waals surface area contributed by atoms with E-state index in [0.29, 0.717) is 31.5 Å². The van der Waals surface area contributed by atoms with E-state index in [0.717, 1.165) is 17.8 Å². The van der Waals surface area contributed by atoms with E-state index < -0.39 is 17.7 Å². The van der Waals surface area contributed by atoms with Crippen LogP contribution in [0.25, 0.3) is 0 Å². The van der Waals surface area contributed by atoms with Crippen LogP contribution in [0.3, 0.4) is 0 Å². The third-order valence-electron chi connectivity index (χ3n) is 4.08. The standard InChI is InChI=1S/C17H18F2N2O/c18-12-4-5-16(19)15(9-12)17-10-14(22)11-21(17)8-6-13-3-1-2-7-20-13/h1-5,7,9,14,17,22H,6,8,10-11H2/t14-,17-/m1/s1. The highest BCUT2D eigenvalue weighted by Crippen LogP contribution is 2.33. The Morgan fingerprint density at radius 1 is 1.23 bits per heavy atom.